The van der Waals surface area contributed by atoms with Gasteiger partial charge in [0.1, 0.15) is 0 Å². The Labute approximate surface area is 179 Å². The van der Waals surface area contributed by atoms with Crippen molar-refractivity contribution < 1.29 is 27.5 Å². The molecule has 0 saturated carbocycles. The first-order valence-corrected chi connectivity index (χ1v) is 11.5. The van der Waals surface area contributed by atoms with Crippen molar-refractivity contribution in [2.24, 2.45) is 0 Å². The fraction of sp³-hybridized carbons (Fsp3) is 0.619. The van der Waals surface area contributed by atoms with Gasteiger partial charge in [0.2, 0.25) is 10.0 Å². The molecule has 9 heteroatoms. The average molecular weight is 441 g/mol. The van der Waals surface area contributed by atoms with Crippen LogP contribution in [0.15, 0.2) is 23.1 Å². The highest BCUT2D eigenvalue weighted by Crippen LogP contribution is 2.20. The number of hydrogen-bond acceptors (Lipinski definition) is 6. The summed E-state index contributed by atoms with van der Waals surface area (Å²) in [6.45, 7) is 13.0. The first-order valence-electron chi connectivity index (χ1n) is 9.99. The van der Waals surface area contributed by atoms with Crippen LogP contribution in [-0.4, -0.2) is 62.1 Å². The number of rotatable bonds is 5. The Morgan fingerprint density at radius 3 is 2.30 bits per heavy atom. The predicted octanol–water partition coefficient (Wildman–Crippen LogP) is 2.25. The molecule has 1 N–H and O–H groups in total. The summed E-state index contributed by atoms with van der Waals surface area (Å²) in [5.41, 5.74) is -0.00396. The van der Waals surface area contributed by atoms with Crippen molar-refractivity contribution >= 4 is 21.9 Å². The molecule has 0 spiro atoms. The van der Waals surface area contributed by atoms with Crippen LogP contribution in [0.25, 0.3) is 0 Å². The van der Waals surface area contributed by atoms with Gasteiger partial charge >= 0.3 is 5.97 Å². The van der Waals surface area contributed by atoms with Crippen molar-refractivity contribution in [1.29, 1.82) is 0 Å². The molecule has 3 unspecified atom stereocenters. The van der Waals surface area contributed by atoms with Gasteiger partial charge in [-0.2, -0.15) is 0 Å². The zero-order valence-electron chi connectivity index (χ0n) is 18.7. The molecule has 1 aromatic carbocycles. The van der Waals surface area contributed by atoms with E-state index in [4.69, 9.17) is 9.47 Å². The molecule has 0 radical (unpaired) electrons. The van der Waals surface area contributed by atoms with E-state index >= 15 is 0 Å². The van der Waals surface area contributed by atoms with E-state index in [1.807, 2.05) is 13.8 Å². The lowest BCUT2D eigenvalue weighted by molar-refractivity contribution is -0.151. The molecule has 0 bridgehead atoms. The number of hydrogen-bond donors (Lipinski definition) is 1. The van der Waals surface area contributed by atoms with Crippen molar-refractivity contribution in [2.45, 2.75) is 77.2 Å². The van der Waals surface area contributed by atoms with Gasteiger partial charge in [-0.25, -0.2) is 17.9 Å². The normalized spacial score (nSPS) is 21.2. The lowest BCUT2D eigenvalue weighted by atomic mass is 10.1. The lowest BCUT2D eigenvalue weighted by Gasteiger charge is -2.36. The summed E-state index contributed by atoms with van der Waals surface area (Å²) < 4.78 is 38.8. The van der Waals surface area contributed by atoms with E-state index in [9.17, 15) is 18.0 Å². The van der Waals surface area contributed by atoms with Crippen molar-refractivity contribution in [3.05, 3.63) is 29.3 Å². The van der Waals surface area contributed by atoms with Gasteiger partial charge < -0.3 is 14.4 Å². The third-order valence-corrected chi connectivity index (χ3v) is 6.30. The molecule has 1 fully saturated rings. The van der Waals surface area contributed by atoms with Gasteiger partial charge in [0.25, 0.3) is 5.91 Å². The maximum Gasteiger partial charge on any atom is 0.339 e. The number of nitrogens with zero attached hydrogens (tertiary/aromatic N) is 1. The van der Waals surface area contributed by atoms with E-state index in [-0.39, 0.29) is 28.6 Å². The minimum atomic E-state index is -3.81. The Morgan fingerprint density at radius 2 is 1.77 bits per heavy atom. The molecule has 1 heterocycles. The standard InChI is InChI=1S/C21H32N2O6S/c1-13-8-9-17(30(26,27)22-21(5,6)7)10-18(13)20(25)29-16(4)19(24)23-11-14(2)28-15(3)12-23/h8-10,14-16,22H,11-12H2,1-7H3. The van der Waals surface area contributed by atoms with E-state index in [2.05, 4.69) is 4.72 Å². The van der Waals surface area contributed by atoms with Crippen LogP contribution >= 0.6 is 0 Å². The second kappa shape index (κ2) is 9.03. The summed E-state index contributed by atoms with van der Waals surface area (Å²) >= 11 is 0. The number of carbonyl (C=O) groups is 2. The average Bonchev–Trinajstić information content (AvgIpc) is 2.58. The van der Waals surface area contributed by atoms with Crippen LogP contribution in [0.4, 0.5) is 0 Å². The quantitative estimate of drug-likeness (QED) is 0.705. The molecule has 0 aromatic heterocycles. The molecule has 1 aliphatic rings. The Hall–Kier alpha value is -1.97. The highest BCUT2D eigenvalue weighted by atomic mass is 32.2. The smallest absolute Gasteiger partial charge is 0.339 e. The lowest BCUT2D eigenvalue weighted by Crippen LogP contribution is -2.51. The molecular weight excluding hydrogens is 408 g/mol. The molecule has 0 aliphatic carbocycles. The minimum Gasteiger partial charge on any atom is -0.449 e. The van der Waals surface area contributed by atoms with E-state index < -0.39 is 27.6 Å². The number of ether oxygens (including phenoxy) is 2. The molecule has 1 aromatic rings. The summed E-state index contributed by atoms with van der Waals surface area (Å²) in [5.74, 6) is -1.04. The maximum atomic E-state index is 12.7. The summed E-state index contributed by atoms with van der Waals surface area (Å²) in [6, 6.07) is 4.26. The zero-order chi connectivity index (χ0) is 22.9. The maximum absolute atomic E-state index is 12.7. The van der Waals surface area contributed by atoms with E-state index in [1.54, 1.807) is 38.7 Å². The van der Waals surface area contributed by atoms with Gasteiger partial charge in [0.05, 0.1) is 22.7 Å². The number of esters is 1. The van der Waals surface area contributed by atoms with Crippen LogP contribution in [-0.2, 0) is 24.3 Å². The molecule has 2 rings (SSSR count). The van der Waals surface area contributed by atoms with Crippen molar-refractivity contribution in [1.82, 2.24) is 9.62 Å². The monoisotopic (exact) mass is 440 g/mol. The van der Waals surface area contributed by atoms with Crippen LogP contribution in [0.3, 0.4) is 0 Å². The third kappa shape index (κ3) is 6.26. The number of aryl methyl sites for hydroxylation is 1. The fourth-order valence-electron chi connectivity index (χ4n) is 3.34. The molecule has 1 saturated heterocycles. The van der Waals surface area contributed by atoms with Gasteiger partial charge in [0, 0.05) is 18.6 Å². The van der Waals surface area contributed by atoms with Crippen LogP contribution in [0, 0.1) is 6.92 Å². The van der Waals surface area contributed by atoms with Gasteiger partial charge in [-0.1, -0.05) is 6.07 Å². The Bertz CT molecular complexity index is 897. The van der Waals surface area contributed by atoms with Crippen molar-refractivity contribution in [2.75, 3.05) is 13.1 Å². The molecule has 168 valence electrons. The van der Waals surface area contributed by atoms with Crippen LogP contribution in [0.1, 0.15) is 57.5 Å². The number of amides is 1. The first kappa shape index (κ1) is 24.3. The van der Waals surface area contributed by atoms with Gasteiger partial charge in [-0.15, -0.1) is 0 Å². The van der Waals surface area contributed by atoms with Crippen LogP contribution < -0.4 is 4.72 Å². The van der Waals surface area contributed by atoms with Crippen LogP contribution in [0.5, 0.6) is 0 Å². The summed E-state index contributed by atoms with van der Waals surface area (Å²) in [7, 11) is -3.81. The Kier molecular flexibility index (Phi) is 7.32. The molecular formula is C21H32N2O6S. The molecule has 30 heavy (non-hydrogen) atoms. The number of morpholine rings is 1. The Morgan fingerprint density at radius 1 is 1.20 bits per heavy atom. The molecule has 8 nitrogen and oxygen atoms in total. The summed E-state index contributed by atoms with van der Waals surface area (Å²) in [4.78, 5) is 27.0. The number of sulfonamides is 1. The Balaban J connectivity index is 2.17. The first-order chi connectivity index (χ1) is 13.7. The third-order valence-electron chi connectivity index (χ3n) is 4.54. The topological polar surface area (TPSA) is 102 Å². The van der Waals surface area contributed by atoms with Crippen molar-refractivity contribution in [3.8, 4) is 0 Å². The van der Waals surface area contributed by atoms with Crippen molar-refractivity contribution in [3.63, 3.8) is 0 Å². The fourth-order valence-corrected chi connectivity index (χ4v) is 4.78. The largest absolute Gasteiger partial charge is 0.449 e. The number of carbonyl (C=O) groups excluding carboxylic acids is 2. The van der Waals surface area contributed by atoms with Gasteiger partial charge in [-0.3, -0.25) is 4.79 Å². The molecule has 1 aliphatic heterocycles. The van der Waals surface area contributed by atoms with E-state index in [0.29, 0.717) is 18.7 Å². The SMILES string of the molecule is Cc1ccc(S(=O)(=O)NC(C)(C)C)cc1C(=O)OC(C)C(=O)N1CC(C)OC(C)C1. The molecule has 1 amide bonds. The minimum absolute atomic E-state index is 0.0372. The number of benzene rings is 1. The van der Waals surface area contributed by atoms with E-state index in [0.717, 1.165) is 0 Å². The second-order valence-corrected chi connectivity index (χ2v) is 10.6. The second-order valence-electron chi connectivity index (χ2n) is 8.88. The van der Waals surface area contributed by atoms with Gasteiger partial charge in [0.15, 0.2) is 6.10 Å². The predicted molar refractivity (Wildman–Crippen MR) is 113 cm³/mol. The van der Waals surface area contributed by atoms with Crippen LogP contribution in [0.2, 0.25) is 0 Å². The zero-order valence-corrected chi connectivity index (χ0v) is 19.5. The summed E-state index contributed by atoms with van der Waals surface area (Å²) in [5, 5.41) is 0. The highest BCUT2D eigenvalue weighted by molar-refractivity contribution is 7.89. The van der Waals surface area contributed by atoms with Gasteiger partial charge in [-0.05, 0) is 66.2 Å². The highest BCUT2D eigenvalue weighted by Gasteiger charge is 2.31. The molecule has 3 atom stereocenters. The van der Waals surface area contributed by atoms with E-state index in [1.165, 1.54) is 19.1 Å². The number of nitrogens with one attached hydrogen (secondary N) is 1. The summed E-state index contributed by atoms with van der Waals surface area (Å²) in [6.07, 6.45) is -1.19.